The van der Waals surface area contributed by atoms with Gasteiger partial charge >= 0.3 is 12.1 Å². The van der Waals surface area contributed by atoms with Crippen molar-refractivity contribution in [3.8, 4) is 0 Å². The Bertz CT molecular complexity index is 476. The van der Waals surface area contributed by atoms with Gasteiger partial charge in [0.25, 0.3) is 0 Å². The lowest BCUT2D eigenvalue weighted by atomic mass is 9.96. The van der Waals surface area contributed by atoms with E-state index < -0.39 is 12.0 Å². The van der Waals surface area contributed by atoms with E-state index in [2.05, 4.69) is 5.32 Å². The number of alkyl carbamates (subject to hydrolysis) is 1. The Balaban J connectivity index is 1.84. The third-order valence-corrected chi connectivity index (χ3v) is 3.38. The van der Waals surface area contributed by atoms with Crippen molar-refractivity contribution in [3.63, 3.8) is 0 Å². The quantitative estimate of drug-likeness (QED) is 0.851. The molecule has 0 bridgehead atoms. The molecular weight excluding hydrogens is 274 g/mol. The van der Waals surface area contributed by atoms with E-state index in [-0.39, 0.29) is 25.2 Å². The van der Waals surface area contributed by atoms with Gasteiger partial charge in [-0.2, -0.15) is 0 Å². The Hall–Kier alpha value is -2.08. The van der Waals surface area contributed by atoms with Crippen LogP contribution in [0.25, 0.3) is 0 Å². The lowest BCUT2D eigenvalue weighted by molar-refractivity contribution is -0.151. The number of ether oxygens (including phenoxy) is 3. The second kappa shape index (κ2) is 7.64. The summed E-state index contributed by atoms with van der Waals surface area (Å²) in [7, 11) is 1.32. The van der Waals surface area contributed by atoms with Gasteiger partial charge in [-0.1, -0.05) is 30.3 Å². The molecule has 21 heavy (non-hydrogen) atoms. The van der Waals surface area contributed by atoms with E-state index in [9.17, 15) is 9.59 Å². The summed E-state index contributed by atoms with van der Waals surface area (Å²) >= 11 is 0. The first-order valence-corrected chi connectivity index (χ1v) is 6.83. The fraction of sp³-hybridized carbons (Fsp3) is 0.467. The maximum Gasteiger partial charge on any atom is 0.407 e. The summed E-state index contributed by atoms with van der Waals surface area (Å²) in [6, 6.07) is 9.07. The van der Waals surface area contributed by atoms with Crippen molar-refractivity contribution in [1.82, 2.24) is 5.32 Å². The molecule has 6 nitrogen and oxygen atoms in total. The standard InChI is InChI=1S/C15H19NO5/c1-19-14(17)12-10-20-8-7-13(12)16-15(18)21-9-11-5-3-2-4-6-11/h2-6,12-13H,7-10H2,1H3,(H,16,18). The number of rotatable bonds is 4. The molecule has 0 aromatic heterocycles. The van der Waals surface area contributed by atoms with Crippen LogP contribution in [0.15, 0.2) is 30.3 Å². The Kier molecular flexibility index (Phi) is 5.57. The summed E-state index contributed by atoms with van der Waals surface area (Å²) in [4.78, 5) is 23.5. The summed E-state index contributed by atoms with van der Waals surface area (Å²) in [5.74, 6) is -0.879. The zero-order valence-electron chi connectivity index (χ0n) is 11.9. The van der Waals surface area contributed by atoms with E-state index in [0.717, 1.165) is 5.56 Å². The van der Waals surface area contributed by atoms with E-state index >= 15 is 0 Å². The molecule has 2 rings (SSSR count). The fourth-order valence-electron chi connectivity index (χ4n) is 2.21. The zero-order valence-corrected chi connectivity index (χ0v) is 11.9. The number of hydrogen-bond donors (Lipinski definition) is 1. The molecule has 6 heteroatoms. The molecule has 1 aliphatic heterocycles. The average molecular weight is 293 g/mol. The highest BCUT2D eigenvalue weighted by Gasteiger charge is 2.33. The predicted octanol–water partition coefficient (Wildman–Crippen LogP) is 1.49. The Morgan fingerprint density at radius 2 is 2.10 bits per heavy atom. The third kappa shape index (κ3) is 4.46. The van der Waals surface area contributed by atoms with Gasteiger partial charge in [0.05, 0.1) is 13.7 Å². The van der Waals surface area contributed by atoms with Crippen LogP contribution in [0, 0.1) is 5.92 Å². The van der Waals surface area contributed by atoms with Crippen molar-refractivity contribution in [2.24, 2.45) is 5.92 Å². The monoisotopic (exact) mass is 293 g/mol. The fourth-order valence-corrected chi connectivity index (χ4v) is 2.21. The second-order valence-electron chi connectivity index (χ2n) is 4.81. The molecule has 1 aliphatic rings. The molecule has 114 valence electrons. The minimum Gasteiger partial charge on any atom is -0.469 e. The smallest absolute Gasteiger partial charge is 0.407 e. The molecule has 1 saturated heterocycles. The van der Waals surface area contributed by atoms with Crippen LogP contribution < -0.4 is 5.32 Å². The number of esters is 1. The van der Waals surface area contributed by atoms with Gasteiger partial charge in [-0.15, -0.1) is 0 Å². The summed E-state index contributed by atoms with van der Waals surface area (Å²) in [5, 5.41) is 2.71. The molecule has 0 radical (unpaired) electrons. The Morgan fingerprint density at radius 1 is 1.33 bits per heavy atom. The summed E-state index contributed by atoms with van der Waals surface area (Å²) in [6.45, 7) is 0.937. The molecule has 0 aliphatic carbocycles. The number of carbonyl (C=O) groups excluding carboxylic acids is 2. The number of nitrogens with one attached hydrogen (secondary N) is 1. The maximum absolute atomic E-state index is 11.8. The van der Waals surface area contributed by atoms with E-state index in [1.165, 1.54) is 7.11 Å². The van der Waals surface area contributed by atoms with Gasteiger partial charge < -0.3 is 19.5 Å². The molecule has 1 aromatic carbocycles. The first-order valence-electron chi connectivity index (χ1n) is 6.83. The number of amides is 1. The van der Waals surface area contributed by atoms with Crippen LogP contribution in [0.2, 0.25) is 0 Å². The number of methoxy groups -OCH3 is 1. The molecular formula is C15H19NO5. The van der Waals surface area contributed by atoms with Crippen LogP contribution in [-0.4, -0.2) is 38.4 Å². The lowest BCUT2D eigenvalue weighted by Gasteiger charge is -2.29. The van der Waals surface area contributed by atoms with Crippen molar-refractivity contribution in [3.05, 3.63) is 35.9 Å². The SMILES string of the molecule is COC(=O)C1COCCC1NC(=O)OCc1ccccc1. The van der Waals surface area contributed by atoms with Gasteiger partial charge in [-0.25, -0.2) is 4.79 Å². The Morgan fingerprint density at radius 3 is 2.81 bits per heavy atom. The summed E-state index contributed by atoms with van der Waals surface area (Å²) < 4.78 is 15.1. The van der Waals surface area contributed by atoms with E-state index in [1.807, 2.05) is 30.3 Å². The van der Waals surface area contributed by atoms with Gasteiger partial charge in [0, 0.05) is 12.6 Å². The van der Waals surface area contributed by atoms with E-state index in [0.29, 0.717) is 13.0 Å². The molecule has 1 aromatic rings. The van der Waals surface area contributed by atoms with Crippen LogP contribution in [0.3, 0.4) is 0 Å². The Labute approximate surface area is 123 Å². The molecule has 1 fully saturated rings. The van der Waals surface area contributed by atoms with E-state index in [4.69, 9.17) is 14.2 Å². The minimum atomic E-state index is -0.542. The highest BCUT2D eigenvalue weighted by molar-refractivity contribution is 5.75. The van der Waals surface area contributed by atoms with Crippen molar-refractivity contribution in [2.75, 3.05) is 20.3 Å². The molecule has 2 unspecified atom stereocenters. The topological polar surface area (TPSA) is 73.9 Å². The normalized spacial score (nSPS) is 21.4. The van der Waals surface area contributed by atoms with Gasteiger partial charge in [-0.05, 0) is 12.0 Å². The van der Waals surface area contributed by atoms with Crippen LogP contribution in [0.1, 0.15) is 12.0 Å². The van der Waals surface area contributed by atoms with E-state index in [1.54, 1.807) is 0 Å². The first kappa shape index (κ1) is 15.3. The highest BCUT2D eigenvalue weighted by Crippen LogP contribution is 2.16. The number of hydrogen-bond acceptors (Lipinski definition) is 5. The van der Waals surface area contributed by atoms with Crippen molar-refractivity contribution in [2.45, 2.75) is 19.1 Å². The van der Waals surface area contributed by atoms with Gasteiger partial charge in [0.1, 0.15) is 12.5 Å². The molecule has 1 amide bonds. The van der Waals surface area contributed by atoms with Crippen LogP contribution in [0.4, 0.5) is 4.79 Å². The van der Waals surface area contributed by atoms with Gasteiger partial charge in [0.2, 0.25) is 0 Å². The zero-order chi connectivity index (χ0) is 15.1. The maximum atomic E-state index is 11.8. The van der Waals surface area contributed by atoms with Crippen LogP contribution >= 0.6 is 0 Å². The van der Waals surface area contributed by atoms with Crippen molar-refractivity contribution in [1.29, 1.82) is 0 Å². The molecule has 2 atom stereocenters. The number of benzene rings is 1. The number of carbonyl (C=O) groups is 2. The molecule has 0 saturated carbocycles. The van der Waals surface area contributed by atoms with Gasteiger partial charge in [0.15, 0.2) is 0 Å². The van der Waals surface area contributed by atoms with Crippen molar-refractivity contribution >= 4 is 12.1 Å². The van der Waals surface area contributed by atoms with Gasteiger partial charge in [-0.3, -0.25) is 4.79 Å². The molecule has 0 spiro atoms. The summed E-state index contributed by atoms with van der Waals surface area (Å²) in [5.41, 5.74) is 0.907. The first-order chi connectivity index (χ1) is 10.2. The second-order valence-corrected chi connectivity index (χ2v) is 4.81. The highest BCUT2D eigenvalue weighted by atomic mass is 16.5. The summed E-state index contributed by atoms with van der Waals surface area (Å²) in [6.07, 6.45) is 0.0138. The van der Waals surface area contributed by atoms with Crippen molar-refractivity contribution < 1.29 is 23.8 Å². The molecule has 1 N–H and O–H groups in total. The van der Waals surface area contributed by atoms with Crippen LogP contribution in [-0.2, 0) is 25.6 Å². The third-order valence-electron chi connectivity index (χ3n) is 3.38. The van der Waals surface area contributed by atoms with Crippen LogP contribution in [0.5, 0.6) is 0 Å². The predicted molar refractivity (Wildman–Crippen MR) is 74.5 cm³/mol. The largest absolute Gasteiger partial charge is 0.469 e. The lowest BCUT2D eigenvalue weighted by Crippen LogP contribution is -2.49. The minimum absolute atomic E-state index is 0.193. The molecule has 1 heterocycles. The average Bonchev–Trinajstić information content (AvgIpc) is 2.54.